The lowest BCUT2D eigenvalue weighted by atomic mass is 10.1. The van der Waals surface area contributed by atoms with E-state index in [-0.39, 0.29) is 29.0 Å². The summed E-state index contributed by atoms with van der Waals surface area (Å²) in [5.41, 5.74) is 1.47. The molecule has 2 aromatic rings. The third kappa shape index (κ3) is 4.40. The van der Waals surface area contributed by atoms with Crippen molar-refractivity contribution < 1.29 is 23.9 Å². The summed E-state index contributed by atoms with van der Waals surface area (Å²) < 4.78 is 12.1. The van der Waals surface area contributed by atoms with E-state index >= 15 is 0 Å². The number of hydrogen-bond acceptors (Lipinski definition) is 6. The highest BCUT2D eigenvalue weighted by molar-refractivity contribution is 9.10. The summed E-state index contributed by atoms with van der Waals surface area (Å²) in [6, 6.07) is 12.8. The third-order valence-electron chi connectivity index (χ3n) is 4.59. The molecule has 0 aliphatic carbocycles. The Morgan fingerprint density at radius 2 is 1.97 bits per heavy atom. The van der Waals surface area contributed by atoms with Gasteiger partial charge in [0.25, 0.3) is 11.1 Å². The maximum absolute atomic E-state index is 12.6. The van der Waals surface area contributed by atoms with Crippen LogP contribution in [0.3, 0.4) is 0 Å². The average molecular weight is 477 g/mol. The average Bonchev–Trinajstić information content (AvgIpc) is 3.02. The van der Waals surface area contributed by atoms with Gasteiger partial charge in [-0.25, -0.2) is 0 Å². The van der Waals surface area contributed by atoms with Crippen molar-refractivity contribution in [2.75, 3.05) is 19.9 Å². The molecule has 0 aromatic heterocycles. The van der Waals surface area contributed by atoms with Gasteiger partial charge in [-0.1, -0.05) is 30.0 Å². The second-order valence-corrected chi connectivity index (χ2v) is 8.56. The first-order chi connectivity index (χ1) is 14.0. The Balaban J connectivity index is 1.29. The molecule has 9 heteroatoms. The number of amides is 3. The van der Waals surface area contributed by atoms with Crippen molar-refractivity contribution in [2.45, 2.75) is 11.7 Å². The molecule has 1 atom stereocenters. The lowest BCUT2D eigenvalue weighted by molar-refractivity contribution is -0.118. The van der Waals surface area contributed by atoms with Gasteiger partial charge in [0.05, 0.1) is 17.4 Å². The molecular formula is C20H17BrN2O5S. The number of nitrogens with one attached hydrogen (secondary N) is 1. The summed E-state index contributed by atoms with van der Waals surface area (Å²) >= 11 is 4.41. The fourth-order valence-corrected chi connectivity index (χ4v) is 4.48. The van der Waals surface area contributed by atoms with Crippen molar-refractivity contribution in [3.63, 3.8) is 0 Å². The van der Waals surface area contributed by atoms with Gasteiger partial charge in [-0.05, 0) is 52.2 Å². The molecule has 2 aliphatic heterocycles. The molecule has 2 heterocycles. The largest absolute Gasteiger partial charge is 0.492 e. The Hall–Kier alpha value is -2.52. The molecule has 0 saturated carbocycles. The van der Waals surface area contributed by atoms with Gasteiger partial charge < -0.3 is 14.4 Å². The Morgan fingerprint density at radius 1 is 1.17 bits per heavy atom. The summed E-state index contributed by atoms with van der Waals surface area (Å²) in [4.78, 5) is 37.1. The van der Waals surface area contributed by atoms with Crippen LogP contribution in [0.5, 0.6) is 11.5 Å². The summed E-state index contributed by atoms with van der Waals surface area (Å²) in [7, 11) is 0. The van der Waals surface area contributed by atoms with Crippen LogP contribution >= 0.6 is 27.7 Å². The molecule has 3 amide bonds. The molecule has 2 aliphatic rings. The highest BCUT2D eigenvalue weighted by atomic mass is 79.9. The fourth-order valence-electron chi connectivity index (χ4n) is 3.10. The van der Waals surface area contributed by atoms with Crippen LogP contribution in [0, 0.1) is 0 Å². The van der Waals surface area contributed by atoms with Gasteiger partial charge in [0.15, 0.2) is 6.73 Å². The predicted molar refractivity (Wildman–Crippen MR) is 111 cm³/mol. The zero-order chi connectivity index (χ0) is 20.4. The maximum Gasteiger partial charge on any atom is 0.286 e. The minimum atomic E-state index is -0.387. The first kappa shape index (κ1) is 19.8. The summed E-state index contributed by atoms with van der Waals surface area (Å²) in [5.74, 6) is 0.898. The number of thioether (sulfide) groups is 1. The van der Waals surface area contributed by atoms with Crippen molar-refractivity contribution in [1.82, 2.24) is 10.2 Å². The minimum absolute atomic E-state index is 0.0976. The van der Waals surface area contributed by atoms with Crippen LogP contribution in [0.2, 0.25) is 0 Å². The lowest BCUT2D eigenvalue weighted by Crippen LogP contribution is -2.41. The van der Waals surface area contributed by atoms with Crippen LogP contribution in [0.1, 0.15) is 15.9 Å². The molecular weight excluding hydrogens is 460 g/mol. The number of carbonyl (C=O) groups excluding carboxylic acids is 3. The number of fused-ring (bicyclic) bond motifs is 1. The monoisotopic (exact) mass is 476 g/mol. The molecule has 7 nitrogen and oxygen atoms in total. The molecule has 150 valence electrons. The van der Waals surface area contributed by atoms with Gasteiger partial charge in [-0.2, -0.15) is 0 Å². The molecule has 2 aromatic carbocycles. The second-order valence-electron chi connectivity index (χ2n) is 6.53. The second kappa shape index (κ2) is 8.46. The Kier molecular flexibility index (Phi) is 5.77. The van der Waals surface area contributed by atoms with E-state index in [0.717, 1.165) is 17.3 Å². The molecule has 29 heavy (non-hydrogen) atoms. The van der Waals surface area contributed by atoms with Crippen LogP contribution in [0.4, 0.5) is 4.79 Å². The number of nitrogens with zero attached hydrogens (tertiary/aromatic N) is 1. The SMILES string of the molecule is O=C1NC(=O)C(Cc2ccc(OCCN3COc4cccc(Br)c4C3=O)cc2)S1. The van der Waals surface area contributed by atoms with Gasteiger partial charge >= 0.3 is 0 Å². The molecule has 1 fully saturated rings. The molecule has 0 bridgehead atoms. The third-order valence-corrected chi connectivity index (χ3v) is 6.24. The standard InChI is InChI=1S/C20H17BrN2O5S/c21-14-2-1-3-15-17(14)19(25)23(11-28-15)8-9-27-13-6-4-12(5-7-13)10-16-18(24)22-20(26)29-16/h1-7,16H,8-11H2,(H,22,24,26). The first-order valence-electron chi connectivity index (χ1n) is 8.95. The maximum atomic E-state index is 12.6. The van der Waals surface area contributed by atoms with E-state index in [2.05, 4.69) is 21.2 Å². The molecule has 1 saturated heterocycles. The number of rotatable bonds is 6. The molecule has 4 rings (SSSR count). The van der Waals surface area contributed by atoms with Gasteiger partial charge in [-0.3, -0.25) is 19.7 Å². The topological polar surface area (TPSA) is 84.9 Å². The predicted octanol–water partition coefficient (Wildman–Crippen LogP) is 3.21. The van der Waals surface area contributed by atoms with E-state index in [1.165, 1.54) is 0 Å². The highest BCUT2D eigenvalue weighted by Crippen LogP contribution is 2.31. The smallest absolute Gasteiger partial charge is 0.286 e. The van der Waals surface area contributed by atoms with Crippen molar-refractivity contribution in [3.05, 3.63) is 58.1 Å². The van der Waals surface area contributed by atoms with E-state index in [1.54, 1.807) is 11.0 Å². The van der Waals surface area contributed by atoms with E-state index in [9.17, 15) is 14.4 Å². The van der Waals surface area contributed by atoms with Crippen molar-refractivity contribution in [2.24, 2.45) is 0 Å². The zero-order valence-corrected chi connectivity index (χ0v) is 17.6. The Morgan fingerprint density at radius 3 is 2.69 bits per heavy atom. The van der Waals surface area contributed by atoms with Crippen LogP contribution < -0.4 is 14.8 Å². The van der Waals surface area contributed by atoms with Crippen LogP contribution in [0.15, 0.2) is 46.9 Å². The minimum Gasteiger partial charge on any atom is -0.492 e. The Bertz CT molecular complexity index is 966. The van der Waals surface area contributed by atoms with Crippen LogP contribution in [0.25, 0.3) is 0 Å². The number of benzene rings is 2. The molecule has 0 radical (unpaired) electrons. The van der Waals surface area contributed by atoms with Crippen molar-refractivity contribution in [1.29, 1.82) is 0 Å². The number of carbonyl (C=O) groups is 3. The van der Waals surface area contributed by atoms with Gasteiger partial charge in [0.2, 0.25) is 5.91 Å². The first-order valence-corrected chi connectivity index (χ1v) is 10.6. The number of hydrogen-bond donors (Lipinski definition) is 1. The van der Waals surface area contributed by atoms with E-state index in [4.69, 9.17) is 9.47 Å². The van der Waals surface area contributed by atoms with Crippen molar-refractivity contribution in [3.8, 4) is 11.5 Å². The summed E-state index contributed by atoms with van der Waals surface area (Å²) in [5, 5.41) is 1.60. The highest BCUT2D eigenvalue weighted by Gasteiger charge is 2.31. The zero-order valence-electron chi connectivity index (χ0n) is 15.2. The molecule has 1 unspecified atom stereocenters. The van der Waals surface area contributed by atoms with Gasteiger partial charge in [0, 0.05) is 4.47 Å². The number of imide groups is 1. The van der Waals surface area contributed by atoms with Gasteiger partial charge in [0.1, 0.15) is 18.1 Å². The molecule has 1 N–H and O–H groups in total. The number of halogens is 1. The van der Waals surface area contributed by atoms with Crippen LogP contribution in [-0.4, -0.2) is 47.1 Å². The van der Waals surface area contributed by atoms with E-state index in [1.807, 2.05) is 36.4 Å². The van der Waals surface area contributed by atoms with E-state index < -0.39 is 0 Å². The van der Waals surface area contributed by atoms with Gasteiger partial charge in [-0.15, -0.1) is 0 Å². The number of ether oxygens (including phenoxy) is 2. The molecule has 0 spiro atoms. The summed E-state index contributed by atoms with van der Waals surface area (Å²) in [6.07, 6.45) is 0.483. The lowest BCUT2D eigenvalue weighted by Gasteiger charge is -2.29. The normalized spacial score (nSPS) is 18.3. The van der Waals surface area contributed by atoms with Crippen LogP contribution in [-0.2, 0) is 11.2 Å². The van der Waals surface area contributed by atoms with E-state index in [0.29, 0.717) is 41.1 Å². The Labute approximate surface area is 179 Å². The fraction of sp³-hybridized carbons (Fsp3) is 0.250. The quantitative estimate of drug-likeness (QED) is 0.688. The summed E-state index contributed by atoms with van der Waals surface area (Å²) in [6.45, 7) is 0.899. The van der Waals surface area contributed by atoms with Crippen molar-refractivity contribution >= 4 is 44.7 Å².